The molecule has 2 amide bonds. The normalized spacial score (nSPS) is 10.0. The lowest BCUT2D eigenvalue weighted by Crippen LogP contribution is -2.38. The Morgan fingerprint density at radius 2 is 2.05 bits per heavy atom. The lowest BCUT2D eigenvalue weighted by molar-refractivity contribution is -0.120. The molecule has 0 bridgehead atoms. The van der Waals surface area contributed by atoms with Crippen LogP contribution < -0.4 is 21.1 Å². The summed E-state index contributed by atoms with van der Waals surface area (Å²) in [5.74, 6) is -0.346. The molecule has 1 aromatic rings. The van der Waals surface area contributed by atoms with Crippen LogP contribution in [0.25, 0.3) is 0 Å². The zero-order valence-corrected chi connectivity index (χ0v) is 12.3. The van der Waals surface area contributed by atoms with E-state index in [9.17, 15) is 9.59 Å². The van der Waals surface area contributed by atoms with Crippen molar-refractivity contribution in [2.24, 2.45) is 0 Å². The Balaban J connectivity index is 2.61. The smallest absolute Gasteiger partial charge is 0.257 e. The van der Waals surface area contributed by atoms with Crippen molar-refractivity contribution in [1.29, 1.82) is 0 Å². The van der Waals surface area contributed by atoms with Gasteiger partial charge in [-0.05, 0) is 19.1 Å². The Bertz CT molecular complexity index is 491. The molecule has 1 aromatic carbocycles. The second kappa shape index (κ2) is 8.80. The summed E-state index contributed by atoms with van der Waals surface area (Å²) < 4.78 is 10.2. The summed E-state index contributed by atoms with van der Waals surface area (Å²) in [6.07, 6.45) is 0. The van der Waals surface area contributed by atoms with Crippen LogP contribution in [-0.4, -0.2) is 45.2 Å². The third-order valence-electron chi connectivity index (χ3n) is 2.62. The van der Waals surface area contributed by atoms with Crippen LogP contribution in [-0.2, 0) is 9.53 Å². The second-order valence-electron chi connectivity index (χ2n) is 4.18. The van der Waals surface area contributed by atoms with Gasteiger partial charge in [-0.25, -0.2) is 0 Å². The summed E-state index contributed by atoms with van der Waals surface area (Å²) in [4.78, 5) is 23.6. The summed E-state index contributed by atoms with van der Waals surface area (Å²) >= 11 is 0. The third-order valence-corrected chi connectivity index (χ3v) is 2.62. The van der Waals surface area contributed by atoms with Crippen LogP contribution in [0.15, 0.2) is 18.2 Å². The molecule has 0 heterocycles. The van der Waals surface area contributed by atoms with Gasteiger partial charge in [0.25, 0.3) is 5.91 Å². The highest BCUT2D eigenvalue weighted by Gasteiger charge is 2.16. The van der Waals surface area contributed by atoms with Crippen molar-refractivity contribution < 1.29 is 19.1 Å². The van der Waals surface area contributed by atoms with Gasteiger partial charge in [0.2, 0.25) is 5.91 Å². The first-order valence-corrected chi connectivity index (χ1v) is 6.65. The lowest BCUT2D eigenvalue weighted by atomic mass is 10.1. The molecule has 0 saturated carbocycles. The highest BCUT2D eigenvalue weighted by atomic mass is 16.5. The molecule has 1 rings (SSSR count). The standard InChI is InChI=1S/C14H21N3O4/c1-3-21-11-6-4-5-10(15)13(11)14(19)17-9-12(18)16-7-8-20-2/h4-6H,3,7-9,15H2,1-2H3,(H,16,18)(H,17,19). The Kier molecular flexibility index (Phi) is 7.03. The van der Waals surface area contributed by atoms with Crippen LogP contribution in [0.5, 0.6) is 5.75 Å². The number of methoxy groups -OCH3 is 1. The highest BCUT2D eigenvalue weighted by molar-refractivity contribution is 6.03. The van der Waals surface area contributed by atoms with Gasteiger partial charge >= 0.3 is 0 Å². The number of carbonyl (C=O) groups excluding carboxylic acids is 2. The molecule has 116 valence electrons. The molecular formula is C14H21N3O4. The van der Waals surface area contributed by atoms with Crippen molar-refractivity contribution in [2.75, 3.05) is 39.1 Å². The van der Waals surface area contributed by atoms with E-state index in [1.807, 2.05) is 6.92 Å². The fourth-order valence-electron chi connectivity index (χ4n) is 1.67. The van der Waals surface area contributed by atoms with Gasteiger partial charge in [-0.2, -0.15) is 0 Å². The average molecular weight is 295 g/mol. The first-order valence-electron chi connectivity index (χ1n) is 6.65. The molecule has 0 aliphatic carbocycles. The molecule has 21 heavy (non-hydrogen) atoms. The Hall–Kier alpha value is -2.28. The summed E-state index contributed by atoms with van der Waals surface area (Å²) in [7, 11) is 1.54. The van der Waals surface area contributed by atoms with Crippen molar-refractivity contribution in [3.8, 4) is 5.75 Å². The topological polar surface area (TPSA) is 103 Å². The summed E-state index contributed by atoms with van der Waals surface area (Å²) in [5, 5.41) is 5.12. The molecule has 0 saturated heterocycles. The third kappa shape index (κ3) is 5.31. The summed E-state index contributed by atoms with van der Waals surface area (Å²) in [6, 6.07) is 4.97. The van der Waals surface area contributed by atoms with Gasteiger partial charge in [0.15, 0.2) is 0 Å². The van der Waals surface area contributed by atoms with Gasteiger partial charge < -0.3 is 25.8 Å². The number of nitrogen functional groups attached to an aromatic ring is 1. The number of amides is 2. The molecule has 0 spiro atoms. The fraction of sp³-hybridized carbons (Fsp3) is 0.429. The van der Waals surface area contributed by atoms with Gasteiger partial charge in [-0.3, -0.25) is 9.59 Å². The quantitative estimate of drug-likeness (QED) is 0.468. The second-order valence-corrected chi connectivity index (χ2v) is 4.18. The van der Waals surface area contributed by atoms with Gasteiger partial charge in [0.1, 0.15) is 11.3 Å². The maximum Gasteiger partial charge on any atom is 0.257 e. The molecule has 0 fully saturated rings. The van der Waals surface area contributed by atoms with E-state index in [4.69, 9.17) is 15.2 Å². The number of carbonyl (C=O) groups is 2. The zero-order chi connectivity index (χ0) is 15.7. The first kappa shape index (κ1) is 16.8. The largest absolute Gasteiger partial charge is 0.493 e. The van der Waals surface area contributed by atoms with Crippen LogP contribution in [0.3, 0.4) is 0 Å². The summed E-state index contributed by atoms with van der Waals surface area (Å²) in [5.41, 5.74) is 6.34. The van der Waals surface area contributed by atoms with Crippen LogP contribution in [0.4, 0.5) is 5.69 Å². The molecule has 0 atom stereocenters. The minimum atomic E-state index is -0.446. The predicted octanol–water partition coefficient (Wildman–Crippen LogP) is 0.160. The van der Waals surface area contributed by atoms with E-state index in [0.29, 0.717) is 31.2 Å². The maximum atomic E-state index is 12.1. The minimum Gasteiger partial charge on any atom is -0.493 e. The molecule has 4 N–H and O–H groups in total. The molecule has 7 heteroatoms. The zero-order valence-electron chi connectivity index (χ0n) is 12.3. The first-order chi connectivity index (χ1) is 10.1. The molecule has 7 nitrogen and oxygen atoms in total. The van der Waals surface area contributed by atoms with E-state index in [2.05, 4.69) is 10.6 Å². The number of nitrogens with one attached hydrogen (secondary N) is 2. The fourth-order valence-corrected chi connectivity index (χ4v) is 1.67. The van der Waals surface area contributed by atoms with E-state index in [1.54, 1.807) is 25.3 Å². The van der Waals surface area contributed by atoms with E-state index < -0.39 is 5.91 Å². The predicted molar refractivity (Wildman–Crippen MR) is 79.2 cm³/mol. The number of hydrogen-bond acceptors (Lipinski definition) is 5. The Morgan fingerprint density at radius 1 is 1.29 bits per heavy atom. The Labute approximate surface area is 123 Å². The Morgan fingerprint density at radius 3 is 2.71 bits per heavy atom. The molecule has 0 aliphatic rings. The van der Waals surface area contributed by atoms with Crippen LogP contribution >= 0.6 is 0 Å². The number of anilines is 1. The average Bonchev–Trinajstić information content (AvgIpc) is 2.45. The number of benzene rings is 1. The maximum absolute atomic E-state index is 12.1. The molecular weight excluding hydrogens is 274 g/mol. The lowest BCUT2D eigenvalue weighted by Gasteiger charge is -2.12. The number of ether oxygens (including phenoxy) is 2. The molecule has 0 radical (unpaired) electrons. The van der Waals surface area contributed by atoms with Crippen LogP contribution in [0.2, 0.25) is 0 Å². The summed E-state index contributed by atoms with van der Waals surface area (Å²) in [6.45, 7) is 2.90. The van der Waals surface area contributed by atoms with Crippen molar-refractivity contribution in [1.82, 2.24) is 10.6 Å². The van der Waals surface area contributed by atoms with Gasteiger partial charge in [0.05, 0.1) is 19.8 Å². The molecule has 0 unspecified atom stereocenters. The van der Waals surface area contributed by atoms with Crippen LogP contribution in [0.1, 0.15) is 17.3 Å². The van der Waals surface area contributed by atoms with Crippen LogP contribution in [0, 0.1) is 0 Å². The number of rotatable bonds is 8. The highest BCUT2D eigenvalue weighted by Crippen LogP contribution is 2.24. The van der Waals surface area contributed by atoms with Gasteiger partial charge in [-0.1, -0.05) is 6.07 Å². The van der Waals surface area contributed by atoms with Crippen molar-refractivity contribution in [3.63, 3.8) is 0 Å². The van der Waals surface area contributed by atoms with E-state index in [0.717, 1.165) is 0 Å². The van der Waals surface area contributed by atoms with Gasteiger partial charge in [-0.15, -0.1) is 0 Å². The van der Waals surface area contributed by atoms with E-state index in [-0.39, 0.29) is 18.0 Å². The van der Waals surface area contributed by atoms with E-state index in [1.165, 1.54) is 0 Å². The van der Waals surface area contributed by atoms with Gasteiger partial charge in [0, 0.05) is 19.3 Å². The van der Waals surface area contributed by atoms with E-state index >= 15 is 0 Å². The van der Waals surface area contributed by atoms with Crippen molar-refractivity contribution in [3.05, 3.63) is 23.8 Å². The SMILES string of the molecule is CCOc1cccc(N)c1C(=O)NCC(=O)NCCOC. The van der Waals surface area contributed by atoms with Crippen molar-refractivity contribution >= 4 is 17.5 Å². The molecule has 0 aliphatic heterocycles. The number of nitrogens with two attached hydrogens (primary N) is 1. The molecule has 0 aromatic heterocycles. The monoisotopic (exact) mass is 295 g/mol. The number of hydrogen-bond donors (Lipinski definition) is 3. The minimum absolute atomic E-state index is 0.136. The van der Waals surface area contributed by atoms with Crippen molar-refractivity contribution in [2.45, 2.75) is 6.92 Å².